The molecular weight excluding hydrogens is 285 g/mol. The van der Waals surface area contributed by atoms with E-state index < -0.39 is 5.82 Å². The van der Waals surface area contributed by atoms with Crippen LogP contribution in [-0.4, -0.2) is 33.5 Å². The van der Waals surface area contributed by atoms with Gasteiger partial charge in [0.2, 0.25) is 0 Å². The minimum absolute atomic E-state index is 0.138. The molecule has 0 saturated heterocycles. The zero-order chi connectivity index (χ0) is 15.7. The number of ether oxygens (including phenoxy) is 1. The number of aromatic nitrogens is 2. The lowest BCUT2D eigenvalue weighted by molar-refractivity contribution is 0.0723. The van der Waals surface area contributed by atoms with Crippen molar-refractivity contribution in [3.05, 3.63) is 47.8 Å². The molecule has 0 bridgehead atoms. The van der Waals surface area contributed by atoms with Gasteiger partial charge in [0.15, 0.2) is 11.6 Å². The van der Waals surface area contributed by atoms with E-state index in [2.05, 4.69) is 4.98 Å². The summed E-state index contributed by atoms with van der Waals surface area (Å²) in [5, 5.41) is 0. The maximum Gasteiger partial charge on any atom is 0.254 e. The molecule has 116 valence electrons. The molecule has 1 aromatic carbocycles. The molecule has 0 atom stereocenters. The van der Waals surface area contributed by atoms with E-state index in [0.717, 1.165) is 18.7 Å². The molecule has 1 amide bonds. The topological polar surface area (TPSA) is 47.4 Å². The van der Waals surface area contributed by atoms with Crippen LogP contribution in [-0.2, 0) is 13.6 Å². The maximum absolute atomic E-state index is 13.8. The monoisotopic (exact) mass is 303 g/mol. The van der Waals surface area contributed by atoms with Crippen molar-refractivity contribution in [2.45, 2.75) is 25.4 Å². The van der Waals surface area contributed by atoms with Crippen LogP contribution in [0, 0.1) is 5.82 Å². The van der Waals surface area contributed by atoms with Crippen molar-refractivity contribution in [1.29, 1.82) is 0 Å². The molecule has 1 aliphatic rings. The molecule has 1 heterocycles. The molecule has 5 nitrogen and oxygen atoms in total. The van der Waals surface area contributed by atoms with Gasteiger partial charge < -0.3 is 14.2 Å². The molecular formula is C16H18FN3O2. The van der Waals surface area contributed by atoms with Crippen LogP contribution in [0.1, 0.15) is 29.0 Å². The van der Waals surface area contributed by atoms with E-state index in [9.17, 15) is 9.18 Å². The maximum atomic E-state index is 13.8. The summed E-state index contributed by atoms with van der Waals surface area (Å²) in [6, 6.07) is 4.52. The van der Waals surface area contributed by atoms with Crippen LogP contribution in [0.3, 0.4) is 0 Å². The predicted octanol–water partition coefficient (Wildman–Crippen LogP) is 2.37. The highest BCUT2D eigenvalue weighted by Gasteiger charge is 2.34. The van der Waals surface area contributed by atoms with Gasteiger partial charge in [0.25, 0.3) is 5.91 Å². The molecule has 0 spiro atoms. The van der Waals surface area contributed by atoms with Crippen LogP contribution in [0.5, 0.6) is 5.75 Å². The summed E-state index contributed by atoms with van der Waals surface area (Å²) < 4.78 is 20.6. The van der Waals surface area contributed by atoms with Gasteiger partial charge in [0, 0.05) is 31.0 Å². The molecule has 1 aromatic heterocycles. The SMILES string of the molecule is COc1ccc(C(=O)N(Cc2nccn2C)C2CC2)cc1F. The fourth-order valence-corrected chi connectivity index (χ4v) is 2.42. The van der Waals surface area contributed by atoms with Crippen molar-refractivity contribution in [2.75, 3.05) is 7.11 Å². The second-order valence-electron chi connectivity index (χ2n) is 5.47. The van der Waals surface area contributed by atoms with Gasteiger partial charge in [-0.1, -0.05) is 0 Å². The van der Waals surface area contributed by atoms with Crippen molar-refractivity contribution in [1.82, 2.24) is 14.5 Å². The largest absolute Gasteiger partial charge is 0.494 e. The van der Waals surface area contributed by atoms with Gasteiger partial charge in [-0.15, -0.1) is 0 Å². The highest BCUT2D eigenvalue weighted by molar-refractivity contribution is 5.94. The molecule has 3 rings (SSSR count). The summed E-state index contributed by atoms with van der Waals surface area (Å²) >= 11 is 0. The first-order valence-corrected chi connectivity index (χ1v) is 7.21. The zero-order valence-electron chi connectivity index (χ0n) is 12.6. The Balaban J connectivity index is 1.84. The second-order valence-corrected chi connectivity index (χ2v) is 5.47. The highest BCUT2D eigenvalue weighted by atomic mass is 19.1. The minimum Gasteiger partial charge on any atom is -0.494 e. The number of methoxy groups -OCH3 is 1. The summed E-state index contributed by atoms with van der Waals surface area (Å²) in [7, 11) is 3.29. The van der Waals surface area contributed by atoms with E-state index in [1.165, 1.54) is 19.2 Å². The first kappa shape index (κ1) is 14.6. The summed E-state index contributed by atoms with van der Waals surface area (Å²) in [6.07, 6.45) is 5.51. The number of carbonyl (C=O) groups is 1. The van der Waals surface area contributed by atoms with Crippen LogP contribution in [0.4, 0.5) is 4.39 Å². The zero-order valence-corrected chi connectivity index (χ0v) is 12.6. The van der Waals surface area contributed by atoms with Crippen LogP contribution < -0.4 is 4.74 Å². The first-order valence-electron chi connectivity index (χ1n) is 7.21. The molecule has 0 aliphatic heterocycles. The Kier molecular flexibility index (Phi) is 3.83. The van der Waals surface area contributed by atoms with E-state index in [1.807, 2.05) is 17.8 Å². The fourth-order valence-electron chi connectivity index (χ4n) is 2.42. The van der Waals surface area contributed by atoms with E-state index in [1.54, 1.807) is 17.2 Å². The number of aryl methyl sites for hydroxylation is 1. The Bertz CT molecular complexity index is 694. The molecule has 22 heavy (non-hydrogen) atoms. The average molecular weight is 303 g/mol. The van der Waals surface area contributed by atoms with E-state index in [0.29, 0.717) is 12.1 Å². The van der Waals surface area contributed by atoms with Crippen molar-refractivity contribution in [2.24, 2.45) is 7.05 Å². The third kappa shape index (κ3) is 2.81. The number of hydrogen-bond acceptors (Lipinski definition) is 3. The number of amides is 1. The fraction of sp³-hybridized carbons (Fsp3) is 0.375. The number of carbonyl (C=O) groups excluding carboxylic acids is 1. The molecule has 0 N–H and O–H groups in total. The van der Waals surface area contributed by atoms with Crippen molar-refractivity contribution >= 4 is 5.91 Å². The second kappa shape index (κ2) is 5.79. The Morgan fingerprint density at radius 3 is 2.82 bits per heavy atom. The van der Waals surface area contributed by atoms with E-state index in [-0.39, 0.29) is 17.7 Å². The number of imidazole rings is 1. The van der Waals surface area contributed by atoms with Crippen LogP contribution >= 0.6 is 0 Å². The van der Waals surface area contributed by atoms with Crippen LogP contribution in [0.2, 0.25) is 0 Å². The number of nitrogens with zero attached hydrogens (tertiary/aromatic N) is 3. The highest BCUT2D eigenvalue weighted by Crippen LogP contribution is 2.30. The van der Waals surface area contributed by atoms with E-state index >= 15 is 0 Å². The van der Waals surface area contributed by atoms with E-state index in [4.69, 9.17) is 4.74 Å². The molecule has 0 radical (unpaired) electrons. The third-order valence-electron chi connectivity index (χ3n) is 3.88. The van der Waals surface area contributed by atoms with Gasteiger partial charge in [-0.3, -0.25) is 4.79 Å². The molecule has 0 unspecified atom stereocenters. The average Bonchev–Trinajstić information content (AvgIpc) is 3.27. The molecule has 6 heteroatoms. The Morgan fingerprint density at radius 2 is 2.27 bits per heavy atom. The van der Waals surface area contributed by atoms with Gasteiger partial charge in [-0.2, -0.15) is 0 Å². The quantitative estimate of drug-likeness (QED) is 0.852. The summed E-state index contributed by atoms with van der Waals surface area (Å²) in [6.45, 7) is 0.431. The lowest BCUT2D eigenvalue weighted by Crippen LogP contribution is -2.33. The number of halogens is 1. The van der Waals surface area contributed by atoms with Crippen molar-refractivity contribution in [3.8, 4) is 5.75 Å². The van der Waals surface area contributed by atoms with Crippen molar-refractivity contribution in [3.63, 3.8) is 0 Å². The molecule has 2 aromatic rings. The van der Waals surface area contributed by atoms with Gasteiger partial charge >= 0.3 is 0 Å². The summed E-state index contributed by atoms with van der Waals surface area (Å²) in [4.78, 5) is 18.7. The number of benzene rings is 1. The number of hydrogen-bond donors (Lipinski definition) is 0. The van der Waals surface area contributed by atoms with Gasteiger partial charge in [0.1, 0.15) is 5.82 Å². The third-order valence-corrected chi connectivity index (χ3v) is 3.88. The normalized spacial score (nSPS) is 14.0. The smallest absolute Gasteiger partial charge is 0.254 e. The molecule has 1 saturated carbocycles. The molecule has 1 fully saturated rings. The summed E-state index contributed by atoms with van der Waals surface area (Å²) in [5.74, 6) is 0.251. The Labute approximate surface area is 128 Å². The Hall–Kier alpha value is -2.37. The minimum atomic E-state index is -0.527. The standard InChI is InChI=1S/C16H18FN3O2/c1-19-8-7-18-15(19)10-20(12-4-5-12)16(21)11-3-6-14(22-2)13(17)9-11/h3,6-9,12H,4-5,10H2,1-2H3. The first-order chi connectivity index (χ1) is 10.6. The molecule has 1 aliphatic carbocycles. The summed E-state index contributed by atoms with van der Waals surface area (Å²) in [5.41, 5.74) is 0.333. The number of rotatable bonds is 5. The van der Waals surface area contributed by atoms with Gasteiger partial charge in [-0.05, 0) is 31.0 Å². The van der Waals surface area contributed by atoms with Gasteiger partial charge in [-0.25, -0.2) is 9.37 Å². The lowest BCUT2D eigenvalue weighted by atomic mass is 10.1. The van der Waals surface area contributed by atoms with Crippen molar-refractivity contribution < 1.29 is 13.9 Å². The Morgan fingerprint density at radius 1 is 1.50 bits per heavy atom. The lowest BCUT2D eigenvalue weighted by Gasteiger charge is -2.22. The van der Waals surface area contributed by atoms with Gasteiger partial charge in [0.05, 0.1) is 13.7 Å². The van der Waals surface area contributed by atoms with Crippen LogP contribution in [0.25, 0.3) is 0 Å². The van der Waals surface area contributed by atoms with Crippen LogP contribution in [0.15, 0.2) is 30.6 Å². The predicted molar refractivity (Wildman–Crippen MR) is 79.1 cm³/mol.